The fourth-order valence-electron chi connectivity index (χ4n) is 4.27. The number of nitro groups is 1. The zero-order chi connectivity index (χ0) is 24.3. The van der Waals surface area contributed by atoms with Crippen LogP contribution in [0.3, 0.4) is 0 Å². The molecule has 184 valence electrons. The van der Waals surface area contributed by atoms with Crippen LogP contribution in [0, 0.1) is 16.0 Å². The Bertz CT molecular complexity index is 871. The molecule has 0 amide bonds. The van der Waals surface area contributed by atoms with Gasteiger partial charge in [0.05, 0.1) is 30.6 Å². The summed E-state index contributed by atoms with van der Waals surface area (Å²) in [6.07, 6.45) is -8.17. The van der Waals surface area contributed by atoms with E-state index in [4.69, 9.17) is 4.74 Å². The van der Waals surface area contributed by atoms with E-state index in [0.29, 0.717) is 0 Å². The molecule has 1 saturated heterocycles. The molecule has 33 heavy (non-hydrogen) atoms. The summed E-state index contributed by atoms with van der Waals surface area (Å²) >= 11 is 0. The van der Waals surface area contributed by atoms with Crippen LogP contribution >= 0.6 is 0 Å². The predicted molar refractivity (Wildman–Crippen MR) is 106 cm³/mol. The molecular formula is C19H23F5N4O5. The van der Waals surface area contributed by atoms with Crippen LogP contribution < -0.4 is 9.80 Å². The maximum absolute atomic E-state index is 13.4. The fraction of sp³-hybridized carbons (Fsp3) is 0.684. The number of ether oxygens (including phenoxy) is 1. The zero-order valence-corrected chi connectivity index (χ0v) is 17.4. The van der Waals surface area contributed by atoms with Crippen molar-refractivity contribution in [3.8, 4) is 0 Å². The van der Waals surface area contributed by atoms with Crippen molar-refractivity contribution in [2.45, 2.75) is 44.3 Å². The number of hydrogen-bond acceptors (Lipinski definition) is 7. The van der Waals surface area contributed by atoms with E-state index in [1.54, 1.807) is 0 Å². The third-order valence-corrected chi connectivity index (χ3v) is 5.91. The summed E-state index contributed by atoms with van der Waals surface area (Å²) < 4.78 is 71.2. The normalized spacial score (nSPS) is 21.8. The van der Waals surface area contributed by atoms with Gasteiger partial charge in [-0.3, -0.25) is 10.1 Å². The zero-order valence-electron chi connectivity index (χ0n) is 17.4. The van der Waals surface area contributed by atoms with Gasteiger partial charge in [-0.05, 0) is 25.7 Å². The number of carboxylic acids is 1. The Labute approximate surface area is 185 Å². The quantitative estimate of drug-likeness (QED) is 0.356. The molecule has 1 N–H and O–H groups in total. The molecule has 1 saturated carbocycles. The van der Waals surface area contributed by atoms with Crippen LogP contribution in [0.4, 0.5) is 39.3 Å². The number of morpholine rings is 1. The average Bonchev–Trinajstić information content (AvgIpc) is 2.76. The first kappa shape index (κ1) is 24.9. The average molecular weight is 482 g/mol. The number of nitrogens with zero attached hydrogens (tertiary/aromatic N) is 4. The Balaban J connectivity index is 2.04. The van der Waals surface area contributed by atoms with Gasteiger partial charge in [0, 0.05) is 25.2 Å². The lowest BCUT2D eigenvalue weighted by atomic mass is 9.85. The molecule has 0 spiro atoms. The molecular weight excluding hydrogens is 459 g/mol. The first-order chi connectivity index (χ1) is 15.5. The van der Waals surface area contributed by atoms with Crippen molar-refractivity contribution < 1.29 is 41.5 Å². The van der Waals surface area contributed by atoms with Crippen LogP contribution in [0.25, 0.3) is 0 Å². The van der Waals surface area contributed by atoms with E-state index in [2.05, 4.69) is 4.98 Å². The number of halogens is 5. The van der Waals surface area contributed by atoms with E-state index in [1.165, 1.54) is 4.90 Å². The van der Waals surface area contributed by atoms with Crippen LogP contribution in [0.15, 0.2) is 6.07 Å². The Morgan fingerprint density at radius 3 is 2.36 bits per heavy atom. The standard InChI is InChI=1S/C19H23F5N4O5/c20-15(21)10-27(12-3-1-11(2-4-12)19(22,23)24)17-14(28(31)32)9-13(18(29)30)16(25-17)26-5-7-33-8-6-26/h9,11-12,15H,1-8,10H2,(H,29,30). The second-order valence-electron chi connectivity index (χ2n) is 7.95. The highest BCUT2D eigenvalue weighted by molar-refractivity contribution is 5.95. The van der Waals surface area contributed by atoms with Crippen molar-refractivity contribution in [1.29, 1.82) is 0 Å². The Hall–Kier alpha value is -2.77. The molecule has 9 nitrogen and oxygen atoms in total. The number of alkyl halides is 5. The van der Waals surface area contributed by atoms with Gasteiger partial charge in [-0.15, -0.1) is 0 Å². The first-order valence-corrected chi connectivity index (χ1v) is 10.4. The van der Waals surface area contributed by atoms with Gasteiger partial charge in [-0.2, -0.15) is 13.2 Å². The van der Waals surface area contributed by atoms with Crippen LogP contribution in [0.2, 0.25) is 0 Å². The van der Waals surface area contributed by atoms with E-state index in [1.807, 2.05) is 0 Å². The number of anilines is 2. The van der Waals surface area contributed by atoms with Gasteiger partial charge in [-0.1, -0.05) is 0 Å². The van der Waals surface area contributed by atoms with Crippen molar-refractivity contribution in [3.63, 3.8) is 0 Å². The van der Waals surface area contributed by atoms with E-state index >= 15 is 0 Å². The highest BCUT2D eigenvalue weighted by Crippen LogP contribution is 2.41. The Kier molecular flexibility index (Phi) is 7.55. The highest BCUT2D eigenvalue weighted by Gasteiger charge is 2.43. The Morgan fingerprint density at radius 1 is 1.27 bits per heavy atom. The van der Waals surface area contributed by atoms with Gasteiger partial charge in [0.1, 0.15) is 11.4 Å². The second-order valence-corrected chi connectivity index (χ2v) is 7.95. The van der Waals surface area contributed by atoms with Crippen molar-refractivity contribution in [1.82, 2.24) is 4.98 Å². The van der Waals surface area contributed by atoms with Gasteiger partial charge < -0.3 is 19.6 Å². The largest absolute Gasteiger partial charge is 0.478 e. The van der Waals surface area contributed by atoms with Gasteiger partial charge in [0.2, 0.25) is 5.82 Å². The molecule has 3 rings (SSSR count). The number of pyridine rings is 1. The molecule has 0 aromatic carbocycles. The SMILES string of the molecule is O=C(O)c1cc([N+](=O)[O-])c(N(CC(F)F)C2CCC(C(F)(F)F)CC2)nc1N1CCOCC1. The van der Waals surface area contributed by atoms with E-state index in [9.17, 15) is 42.0 Å². The number of aromatic carboxylic acids is 1. The predicted octanol–water partition coefficient (Wildman–Crippen LogP) is 3.72. The van der Waals surface area contributed by atoms with E-state index in [0.717, 1.165) is 11.0 Å². The lowest BCUT2D eigenvalue weighted by Crippen LogP contribution is -2.44. The molecule has 0 unspecified atom stereocenters. The molecule has 0 atom stereocenters. The molecule has 14 heteroatoms. The third kappa shape index (κ3) is 5.78. The number of hydrogen-bond donors (Lipinski definition) is 1. The minimum atomic E-state index is -4.41. The van der Waals surface area contributed by atoms with Crippen LogP contribution in [0.1, 0.15) is 36.0 Å². The molecule has 2 heterocycles. The summed E-state index contributed by atoms with van der Waals surface area (Å²) in [5.74, 6) is -3.65. The summed E-state index contributed by atoms with van der Waals surface area (Å²) in [4.78, 5) is 29.2. The van der Waals surface area contributed by atoms with Crippen molar-refractivity contribution in [2.75, 3.05) is 42.6 Å². The minimum Gasteiger partial charge on any atom is -0.478 e. The van der Waals surface area contributed by atoms with E-state index in [-0.39, 0.29) is 57.8 Å². The molecule has 1 aromatic rings. The fourth-order valence-corrected chi connectivity index (χ4v) is 4.27. The molecule has 1 aliphatic heterocycles. The molecule has 1 aliphatic carbocycles. The van der Waals surface area contributed by atoms with Crippen molar-refractivity contribution >= 4 is 23.3 Å². The van der Waals surface area contributed by atoms with E-state index < -0.39 is 59.1 Å². The first-order valence-electron chi connectivity index (χ1n) is 10.4. The topological polar surface area (TPSA) is 109 Å². The molecule has 2 fully saturated rings. The summed E-state index contributed by atoms with van der Waals surface area (Å²) in [7, 11) is 0. The van der Waals surface area contributed by atoms with Crippen LogP contribution in [-0.2, 0) is 4.74 Å². The van der Waals surface area contributed by atoms with Crippen molar-refractivity contribution in [2.24, 2.45) is 5.92 Å². The maximum Gasteiger partial charge on any atom is 0.391 e. The lowest BCUT2D eigenvalue weighted by Gasteiger charge is -2.38. The molecule has 0 radical (unpaired) electrons. The lowest BCUT2D eigenvalue weighted by molar-refractivity contribution is -0.384. The molecule has 1 aromatic heterocycles. The Morgan fingerprint density at radius 2 is 1.88 bits per heavy atom. The number of carboxylic acid groups (broad SMARTS) is 1. The monoisotopic (exact) mass is 482 g/mol. The third-order valence-electron chi connectivity index (χ3n) is 5.91. The van der Waals surface area contributed by atoms with Crippen LogP contribution in [-0.4, -0.2) is 72.5 Å². The summed E-state index contributed by atoms with van der Waals surface area (Å²) in [6.45, 7) is -0.0270. The smallest absolute Gasteiger partial charge is 0.391 e. The minimum absolute atomic E-state index is 0.108. The second kappa shape index (κ2) is 10.0. The van der Waals surface area contributed by atoms with Gasteiger partial charge in [-0.25, -0.2) is 18.6 Å². The van der Waals surface area contributed by atoms with Crippen molar-refractivity contribution in [3.05, 3.63) is 21.7 Å². The summed E-state index contributed by atoms with van der Waals surface area (Å²) in [5.41, 5.74) is -1.26. The number of carbonyl (C=O) groups is 1. The molecule has 2 aliphatic rings. The maximum atomic E-state index is 13.4. The van der Waals surface area contributed by atoms with Gasteiger partial charge in [0.25, 0.3) is 6.43 Å². The highest BCUT2D eigenvalue weighted by atomic mass is 19.4. The summed E-state index contributed by atoms with van der Waals surface area (Å²) in [6, 6.07) is -0.0630. The van der Waals surface area contributed by atoms with Gasteiger partial charge >= 0.3 is 17.8 Å². The van der Waals surface area contributed by atoms with Gasteiger partial charge in [0.15, 0.2) is 0 Å². The number of rotatable bonds is 7. The summed E-state index contributed by atoms with van der Waals surface area (Å²) in [5, 5.41) is 21.3. The number of aromatic nitrogens is 1. The van der Waals surface area contributed by atoms with Crippen LogP contribution in [0.5, 0.6) is 0 Å². The molecule has 0 bridgehead atoms.